The third-order valence-corrected chi connectivity index (χ3v) is 1.37. The smallest absolute Gasteiger partial charge is 0.0443 e. The summed E-state index contributed by atoms with van der Waals surface area (Å²) in [6.07, 6.45) is 6.86. The van der Waals surface area contributed by atoms with E-state index in [9.17, 15) is 0 Å². The summed E-state index contributed by atoms with van der Waals surface area (Å²) in [6.45, 7) is 30.9. The fourth-order valence-electron chi connectivity index (χ4n) is 0.167. The predicted molar refractivity (Wildman–Crippen MR) is 100 cm³/mol. The predicted octanol–water partition coefficient (Wildman–Crippen LogP) is 8.30. The summed E-state index contributed by atoms with van der Waals surface area (Å²) in [4.78, 5) is 0. The van der Waals surface area contributed by atoms with Crippen molar-refractivity contribution in [1.29, 1.82) is 0 Å². The van der Waals surface area contributed by atoms with E-state index in [0.29, 0.717) is 0 Å². The summed E-state index contributed by atoms with van der Waals surface area (Å²) in [5.74, 6) is 1.08. The maximum absolute atomic E-state index is 3.00. The number of rotatable bonds is 1. The normalized spacial score (nSPS) is 9.11. The molecule has 122 valence electrons. The number of hydrogen-bond acceptors (Lipinski definition) is 0. The highest BCUT2D eigenvalue weighted by molar-refractivity contribution is 4.65. The zero-order valence-corrected chi connectivity index (χ0v) is 15.9. The number of hydrogen-bond donors (Lipinski definition) is 0. The summed E-state index contributed by atoms with van der Waals surface area (Å²) in [6, 6.07) is 0. The van der Waals surface area contributed by atoms with E-state index in [1.807, 2.05) is 27.7 Å². The Bertz CT molecular complexity index is 58.4. The summed E-state index contributed by atoms with van der Waals surface area (Å²) in [7, 11) is 0. The quantitative estimate of drug-likeness (QED) is 0.422. The Balaban J connectivity index is -0.0000000269. The van der Waals surface area contributed by atoms with Crippen molar-refractivity contribution in [3.63, 3.8) is 0 Å². The van der Waals surface area contributed by atoms with Crippen molar-refractivity contribution >= 4 is 0 Å². The minimum absolute atomic E-state index is 1.08. The molecule has 1 aliphatic rings. The molecule has 0 bridgehead atoms. The van der Waals surface area contributed by atoms with Crippen molar-refractivity contribution in [2.75, 3.05) is 0 Å². The molecular weight excluding hydrogens is 228 g/mol. The van der Waals surface area contributed by atoms with Crippen molar-refractivity contribution in [2.24, 2.45) is 5.92 Å². The van der Waals surface area contributed by atoms with Crippen LogP contribution in [0.2, 0.25) is 0 Å². The van der Waals surface area contributed by atoms with Gasteiger partial charge in [0.2, 0.25) is 0 Å². The van der Waals surface area contributed by atoms with E-state index in [2.05, 4.69) is 60.9 Å². The molecule has 0 saturated heterocycles. The van der Waals surface area contributed by atoms with Crippen LogP contribution in [0.1, 0.15) is 94.4 Å². The van der Waals surface area contributed by atoms with E-state index >= 15 is 0 Å². The monoisotopic (exact) mass is 274 g/mol. The first-order chi connectivity index (χ1) is 9.22. The van der Waals surface area contributed by atoms with Gasteiger partial charge < -0.3 is 0 Å². The highest BCUT2D eigenvalue weighted by atomic mass is 14.2. The molecule has 1 aliphatic carbocycles. The summed E-state index contributed by atoms with van der Waals surface area (Å²) in [5, 5.41) is 0. The van der Waals surface area contributed by atoms with E-state index in [1.165, 1.54) is 32.1 Å². The largest absolute Gasteiger partial charge is 0.106 e. The third-order valence-electron chi connectivity index (χ3n) is 1.37. The van der Waals surface area contributed by atoms with Crippen molar-refractivity contribution in [1.82, 2.24) is 0 Å². The van der Waals surface area contributed by atoms with Gasteiger partial charge in [-0.3, -0.25) is 0 Å². The van der Waals surface area contributed by atoms with Gasteiger partial charge in [-0.2, -0.15) is 0 Å². The van der Waals surface area contributed by atoms with Crippen LogP contribution in [0, 0.1) is 5.92 Å². The Morgan fingerprint density at radius 1 is 0.684 bits per heavy atom. The number of unbranched alkanes of at least 4 members (excludes halogenated alkanes) is 1. The topological polar surface area (TPSA) is 0 Å². The second-order valence-corrected chi connectivity index (χ2v) is 3.39. The van der Waals surface area contributed by atoms with Crippen LogP contribution < -0.4 is 0 Å². The molecule has 0 aliphatic heterocycles. The Labute approximate surface area is 127 Å². The summed E-state index contributed by atoms with van der Waals surface area (Å²) < 4.78 is 0. The molecular formula is C19H46. The van der Waals surface area contributed by atoms with E-state index in [4.69, 9.17) is 0 Å². The van der Waals surface area contributed by atoms with Crippen LogP contribution in [0.25, 0.3) is 0 Å². The van der Waals surface area contributed by atoms with Gasteiger partial charge >= 0.3 is 0 Å². The first kappa shape index (κ1) is 36.3. The lowest BCUT2D eigenvalue weighted by atomic mass is 10.4. The van der Waals surface area contributed by atoms with Crippen molar-refractivity contribution in [3.8, 4) is 0 Å². The van der Waals surface area contributed by atoms with Crippen molar-refractivity contribution < 1.29 is 0 Å². The van der Waals surface area contributed by atoms with Gasteiger partial charge in [-0.1, -0.05) is 94.4 Å². The van der Waals surface area contributed by atoms with Crippen LogP contribution in [0.4, 0.5) is 0 Å². The lowest BCUT2D eigenvalue weighted by Gasteiger charge is -1.68. The summed E-state index contributed by atoms with van der Waals surface area (Å²) >= 11 is 0. The molecule has 1 rings (SSSR count). The van der Waals surface area contributed by atoms with Gasteiger partial charge in [0.25, 0.3) is 0 Å². The summed E-state index contributed by atoms with van der Waals surface area (Å²) in [5.41, 5.74) is 0. The van der Waals surface area contributed by atoms with Gasteiger partial charge in [-0.25, -0.2) is 0 Å². The standard InChI is InChI=1S/C4H8.C4H10.C3H8.2C2H6.2C2H4/c1-4-2-3-4;1-3-4-2;1-3-2;4*1-2/h4H,2-3H2,1H3;3-4H2,1-2H3;3H2,1-2H3;2*1-2H3;2*1-2H2. The Hall–Kier alpha value is -0.520. The van der Waals surface area contributed by atoms with Gasteiger partial charge in [0.15, 0.2) is 0 Å². The molecule has 1 fully saturated rings. The molecule has 19 heavy (non-hydrogen) atoms. The fraction of sp³-hybridized carbons (Fsp3) is 0.789. The van der Waals surface area contributed by atoms with Crippen LogP contribution in [-0.4, -0.2) is 0 Å². The van der Waals surface area contributed by atoms with Crippen molar-refractivity contribution in [2.45, 2.75) is 94.4 Å². The molecule has 0 spiro atoms. The van der Waals surface area contributed by atoms with Crippen LogP contribution in [-0.2, 0) is 0 Å². The first-order valence-electron chi connectivity index (χ1n) is 8.22. The zero-order valence-electron chi connectivity index (χ0n) is 15.9. The van der Waals surface area contributed by atoms with E-state index < -0.39 is 0 Å². The molecule has 0 atom stereocenters. The molecule has 0 aromatic heterocycles. The second kappa shape index (κ2) is 84.9. The fourth-order valence-corrected chi connectivity index (χ4v) is 0.167. The maximum Gasteiger partial charge on any atom is -0.0443 e. The van der Waals surface area contributed by atoms with Crippen molar-refractivity contribution in [3.05, 3.63) is 26.3 Å². The zero-order chi connectivity index (χ0) is 17.1. The van der Waals surface area contributed by atoms with E-state index in [-0.39, 0.29) is 0 Å². The SMILES string of the molecule is C=C.C=C.CC.CC.CC1CC1.CCC.CCCC. The lowest BCUT2D eigenvalue weighted by molar-refractivity contribution is 0.886. The van der Waals surface area contributed by atoms with Gasteiger partial charge in [0.05, 0.1) is 0 Å². The van der Waals surface area contributed by atoms with Gasteiger partial charge in [-0.05, 0) is 5.92 Å². The molecule has 0 N–H and O–H groups in total. The molecule has 1 saturated carbocycles. The Morgan fingerprint density at radius 3 is 0.789 bits per heavy atom. The first-order valence-corrected chi connectivity index (χ1v) is 8.22. The van der Waals surface area contributed by atoms with Gasteiger partial charge in [-0.15, -0.1) is 26.3 Å². The Morgan fingerprint density at radius 2 is 0.789 bits per heavy atom. The highest BCUT2D eigenvalue weighted by Crippen LogP contribution is 2.26. The molecule has 0 aromatic carbocycles. The molecule has 0 aromatic rings. The minimum Gasteiger partial charge on any atom is -0.106 e. The Kier molecular flexibility index (Phi) is 162. The van der Waals surface area contributed by atoms with Gasteiger partial charge in [0.1, 0.15) is 0 Å². The van der Waals surface area contributed by atoms with Crippen LogP contribution in [0.5, 0.6) is 0 Å². The van der Waals surface area contributed by atoms with E-state index in [0.717, 1.165) is 5.92 Å². The van der Waals surface area contributed by atoms with Crippen LogP contribution >= 0.6 is 0 Å². The maximum atomic E-state index is 3.00. The second-order valence-electron chi connectivity index (χ2n) is 3.39. The minimum atomic E-state index is 1.08. The van der Waals surface area contributed by atoms with Crippen LogP contribution in [0.3, 0.4) is 0 Å². The molecule has 0 amide bonds. The molecule has 0 nitrogen and oxygen atoms in total. The molecule has 0 radical (unpaired) electrons. The average molecular weight is 275 g/mol. The van der Waals surface area contributed by atoms with E-state index in [1.54, 1.807) is 0 Å². The third kappa shape index (κ3) is 346. The molecule has 0 heterocycles. The van der Waals surface area contributed by atoms with Gasteiger partial charge in [0, 0.05) is 0 Å². The average Bonchev–Trinajstić information content (AvgIpc) is 3.31. The van der Waals surface area contributed by atoms with Crippen LogP contribution in [0.15, 0.2) is 26.3 Å². The lowest BCUT2D eigenvalue weighted by Crippen LogP contribution is -1.47. The highest BCUT2D eigenvalue weighted by Gasteiger charge is 2.12. The molecule has 0 heteroatoms. The molecule has 0 unspecified atom stereocenters.